The van der Waals surface area contributed by atoms with Crippen molar-refractivity contribution in [3.63, 3.8) is 0 Å². The first-order chi connectivity index (χ1) is 19.6. The summed E-state index contributed by atoms with van der Waals surface area (Å²) in [4.78, 5) is 27.6. The summed E-state index contributed by atoms with van der Waals surface area (Å²) in [5.74, 6) is 0.889. The molecule has 10 heteroatoms. The number of amides is 1. The quantitative estimate of drug-likeness (QED) is 0.234. The third-order valence-electron chi connectivity index (χ3n) is 6.66. The van der Waals surface area contributed by atoms with Gasteiger partial charge < -0.3 is 15.0 Å². The SMILES string of the molecule is COc1ccc(CN(C)c2cc3ncc(-c4cc(NC(=O)c5cncc(C(F)(F)F)c5)ccc4C)cc3cn2)cc1. The van der Waals surface area contributed by atoms with Gasteiger partial charge in [0.05, 0.1) is 23.8 Å². The highest BCUT2D eigenvalue weighted by molar-refractivity contribution is 6.04. The van der Waals surface area contributed by atoms with Gasteiger partial charge in [-0.3, -0.25) is 14.8 Å². The lowest BCUT2D eigenvalue weighted by Crippen LogP contribution is -2.17. The molecule has 0 fully saturated rings. The summed E-state index contributed by atoms with van der Waals surface area (Å²) < 4.78 is 44.3. The zero-order valence-corrected chi connectivity index (χ0v) is 22.5. The van der Waals surface area contributed by atoms with Crippen LogP contribution in [0.4, 0.5) is 24.7 Å². The fraction of sp³-hybridized carbons (Fsp3) is 0.161. The van der Waals surface area contributed by atoms with Gasteiger partial charge in [-0.15, -0.1) is 0 Å². The van der Waals surface area contributed by atoms with Crippen LogP contribution in [0, 0.1) is 6.92 Å². The summed E-state index contributed by atoms with van der Waals surface area (Å²) >= 11 is 0. The number of hydrogen-bond donors (Lipinski definition) is 1. The summed E-state index contributed by atoms with van der Waals surface area (Å²) in [7, 11) is 3.60. The predicted molar refractivity (Wildman–Crippen MR) is 152 cm³/mol. The number of fused-ring (bicyclic) bond motifs is 1. The minimum absolute atomic E-state index is 0.187. The van der Waals surface area contributed by atoms with E-state index < -0.39 is 17.6 Å². The molecular formula is C31H26F3N5O2. The molecule has 0 aliphatic rings. The number of rotatable bonds is 7. The van der Waals surface area contributed by atoms with Crippen LogP contribution in [0.2, 0.25) is 0 Å². The van der Waals surface area contributed by atoms with Gasteiger partial charge in [-0.05, 0) is 60.0 Å². The molecule has 3 aromatic heterocycles. The van der Waals surface area contributed by atoms with Crippen LogP contribution in [-0.2, 0) is 12.7 Å². The van der Waals surface area contributed by atoms with Crippen molar-refractivity contribution in [2.24, 2.45) is 0 Å². The highest BCUT2D eigenvalue weighted by atomic mass is 19.4. The number of methoxy groups -OCH3 is 1. The van der Waals surface area contributed by atoms with Gasteiger partial charge in [0.2, 0.25) is 0 Å². The third kappa shape index (κ3) is 6.27. The predicted octanol–water partition coefficient (Wildman–Crippen LogP) is 6.92. The van der Waals surface area contributed by atoms with Gasteiger partial charge in [-0.1, -0.05) is 18.2 Å². The van der Waals surface area contributed by atoms with Crippen molar-refractivity contribution in [2.45, 2.75) is 19.6 Å². The van der Waals surface area contributed by atoms with E-state index in [2.05, 4.69) is 20.3 Å². The van der Waals surface area contributed by atoms with E-state index in [1.165, 1.54) is 0 Å². The molecule has 1 N–H and O–H groups in total. The number of halogens is 3. The maximum Gasteiger partial charge on any atom is 0.417 e. The largest absolute Gasteiger partial charge is 0.497 e. The first-order valence-electron chi connectivity index (χ1n) is 12.7. The number of nitrogens with one attached hydrogen (secondary N) is 1. The third-order valence-corrected chi connectivity index (χ3v) is 6.66. The molecule has 0 saturated heterocycles. The standard InChI is InChI=1S/C31H26F3N5O2/c1-19-4-7-25(38-30(40)23-11-24(17-35-14-23)31(32,33)34)12-27(19)21-10-22-16-37-29(13-28(22)36-15-21)39(2)18-20-5-8-26(41-3)9-6-20/h4-17H,18H2,1-3H3,(H,38,40). The molecule has 7 nitrogen and oxygen atoms in total. The molecule has 0 unspecified atom stereocenters. The van der Waals surface area contributed by atoms with Crippen LogP contribution in [-0.4, -0.2) is 35.0 Å². The zero-order chi connectivity index (χ0) is 29.1. The summed E-state index contributed by atoms with van der Waals surface area (Å²) in [6.07, 6.45) is 0.714. The van der Waals surface area contributed by atoms with E-state index in [1.807, 2.05) is 61.3 Å². The van der Waals surface area contributed by atoms with E-state index in [4.69, 9.17) is 4.74 Å². The van der Waals surface area contributed by atoms with Crippen LogP contribution in [0.3, 0.4) is 0 Å². The van der Waals surface area contributed by atoms with E-state index in [1.54, 1.807) is 31.6 Å². The molecule has 0 radical (unpaired) electrons. The number of benzene rings is 2. The van der Waals surface area contributed by atoms with Crippen LogP contribution in [0.25, 0.3) is 22.0 Å². The summed E-state index contributed by atoms with van der Waals surface area (Å²) in [6.45, 7) is 2.59. The lowest BCUT2D eigenvalue weighted by molar-refractivity contribution is -0.137. The van der Waals surface area contributed by atoms with Gasteiger partial charge in [-0.2, -0.15) is 13.2 Å². The Hall–Kier alpha value is -4.99. The minimum Gasteiger partial charge on any atom is -0.497 e. The highest BCUT2D eigenvalue weighted by Crippen LogP contribution is 2.31. The summed E-state index contributed by atoms with van der Waals surface area (Å²) in [5, 5.41) is 3.51. The van der Waals surface area contributed by atoms with Crippen LogP contribution in [0.15, 0.2) is 85.5 Å². The van der Waals surface area contributed by atoms with Gasteiger partial charge in [-0.25, -0.2) is 4.98 Å². The number of carbonyl (C=O) groups excluding carboxylic acids is 1. The van der Waals surface area contributed by atoms with Gasteiger partial charge in [0.1, 0.15) is 11.6 Å². The van der Waals surface area contributed by atoms with Crippen molar-refractivity contribution in [1.29, 1.82) is 0 Å². The molecule has 208 valence electrons. The second-order valence-corrected chi connectivity index (χ2v) is 9.61. The Kier molecular flexibility index (Phi) is 7.56. The first-order valence-corrected chi connectivity index (χ1v) is 12.7. The van der Waals surface area contributed by atoms with E-state index in [-0.39, 0.29) is 5.56 Å². The number of nitrogens with zero attached hydrogens (tertiary/aromatic N) is 4. The molecule has 5 rings (SSSR count). The number of ether oxygens (including phenoxy) is 1. The van der Waals surface area contributed by atoms with Crippen molar-refractivity contribution in [2.75, 3.05) is 24.4 Å². The number of anilines is 2. The monoisotopic (exact) mass is 557 g/mol. The number of aryl methyl sites for hydroxylation is 1. The van der Waals surface area contributed by atoms with Crippen molar-refractivity contribution >= 4 is 28.3 Å². The summed E-state index contributed by atoms with van der Waals surface area (Å²) in [5.41, 5.74) is 3.72. The first kappa shape index (κ1) is 27.6. The van der Waals surface area contributed by atoms with Gasteiger partial charge in [0.15, 0.2) is 0 Å². The van der Waals surface area contributed by atoms with E-state index in [0.29, 0.717) is 18.4 Å². The zero-order valence-electron chi connectivity index (χ0n) is 22.5. The highest BCUT2D eigenvalue weighted by Gasteiger charge is 2.31. The second-order valence-electron chi connectivity index (χ2n) is 9.61. The van der Waals surface area contributed by atoms with Gasteiger partial charge >= 0.3 is 6.18 Å². The normalized spacial score (nSPS) is 11.4. The molecule has 0 atom stereocenters. The smallest absolute Gasteiger partial charge is 0.417 e. The van der Waals surface area contributed by atoms with Gasteiger partial charge in [0, 0.05) is 61.1 Å². The number of alkyl halides is 3. The molecule has 0 aliphatic heterocycles. The maximum atomic E-state index is 13.0. The van der Waals surface area contributed by atoms with Crippen molar-refractivity contribution in [3.05, 3.63) is 108 Å². The molecule has 0 spiro atoms. The molecule has 3 heterocycles. The average Bonchev–Trinajstić information content (AvgIpc) is 2.97. The molecule has 41 heavy (non-hydrogen) atoms. The lowest BCUT2D eigenvalue weighted by atomic mass is 10.00. The van der Waals surface area contributed by atoms with Gasteiger partial charge in [0.25, 0.3) is 5.91 Å². The van der Waals surface area contributed by atoms with E-state index in [0.717, 1.165) is 57.0 Å². The van der Waals surface area contributed by atoms with Crippen LogP contribution >= 0.6 is 0 Å². The lowest BCUT2D eigenvalue weighted by Gasteiger charge is -2.19. The molecule has 0 bridgehead atoms. The van der Waals surface area contributed by atoms with Crippen LogP contribution in [0.5, 0.6) is 5.75 Å². The topological polar surface area (TPSA) is 80.2 Å². The molecular weight excluding hydrogens is 531 g/mol. The fourth-order valence-electron chi connectivity index (χ4n) is 4.39. The van der Waals surface area contributed by atoms with Crippen molar-refractivity contribution < 1.29 is 22.7 Å². The molecule has 5 aromatic rings. The summed E-state index contributed by atoms with van der Waals surface area (Å²) in [6, 6.07) is 17.8. The number of carbonyl (C=O) groups is 1. The van der Waals surface area contributed by atoms with E-state index in [9.17, 15) is 18.0 Å². The van der Waals surface area contributed by atoms with Crippen LogP contribution in [0.1, 0.15) is 27.0 Å². The number of pyridine rings is 3. The molecule has 0 aliphatic carbocycles. The Morgan fingerprint density at radius 1 is 0.951 bits per heavy atom. The Bertz CT molecular complexity index is 1720. The maximum absolute atomic E-state index is 13.0. The number of aromatic nitrogens is 3. The second kappa shape index (κ2) is 11.2. The van der Waals surface area contributed by atoms with Crippen LogP contribution < -0.4 is 15.0 Å². The minimum atomic E-state index is -4.59. The van der Waals surface area contributed by atoms with Crippen molar-refractivity contribution in [3.8, 4) is 16.9 Å². The molecule has 0 saturated carbocycles. The Labute approximate surface area is 234 Å². The molecule has 1 amide bonds. The number of hydrogen-bond acceptors (Lipinski definition) is 6. The van der Waals surface area contributed by atoms with Crippen molar-refractivity contribution in [1.82, 2.24) is 15.0 Å². The average molecular weight is 558 g/mol. The fourth-order valence-corrected chi connectivity index (χ4v) is 4.39. The Morgan fingerprint density at radius 2 is 1.73 bits per heavy atom. The Balaban J connectivity index is 1.35. The Morgan fingerprint density at radius 3 is 2.46 bits per heavy atom. The van der Waals surface area contributed by atoms with E-state index >= 15 is 0 Å². The molecule has 2 aromatic carbocycles.